The van der Waals surface area contributed by atoms with Crippen molar-refractivity contribution in [2.24, 2.45) is 17.3 Å². The second-order valence-corrected chi connectivity index (χ2v) is 9.87. The minimum atomic E-state index is -0.399. The quantitative estimate of drug-likeness (QED) is 0.680. The fourth-order valence-electron chi connectivity index (χ4n) is 5.92. The molecule has 4 saturated carbocycles. The minimum Gasteiger partial charge on any atom is -0.459 e. The van der Waals surface area contributed by atoms with Crippen LogP contribution in [0.2, 0.25) is 0 Å². The highest BCUT2D eigenvalue weighted by Gasteiger charge is 2.61. The summed E-state index contributed by atoms with van der Waals surface area (Å²) in [5, 5.41) is 0. The first-order valence-electron chi connectivity index (χ1n) is 10.4. The molecule has 0 N–H and O–H groups in total. The Kier molecular flexibility index (Phi) is 4.43. The monoisotopic (exact) mass is 350 g/mol. The molecule has 0 aromatic rings. The van der Waals surface area contributed by atoms with Crippen LogP contribution in [0.25, 0.3) is 0 Å². The van der Waals surface area contributed by atoms with Gasteiger partial charge in [-0.05, 0) is 83.5 Å². The predicted molar refractivity (Wildman–Crippen MR) is 95.0 cm³/mol. The van der Waals surface area contributed by atoms with E-state index in [0.717, 1.165) is 58.0 Å². The summed E-state index contributed by atoms with van der Waals surface area (Å²) in [7, 11) is 0. The summed E-state index contributed by atoms with van der Waals surface area (Å²) in [4.78, 5) is 12.8. The maximum atomic E-state index is 12.8. The SMILES string of the molecule is CCC(C)(C)C(=O)OC12CC3CC(C1)CC(OC1CCCCO1)(C3)C2. The van der Waals surface area contributed by atoms with Gasteiger partial charge in [-0.1, -0.05) is 6.92 Å². The molecule has 0 amide bonds. The lowest BCUT2D eigenvalue weighted by Gasteiger charge is -2.61. The van der Waals surface area contributed by atoms with Crippen LogP contribution in [0.5, 0.6) is 0 Å². The van der Waals surface area contributed by atoms with Crippen molar-refractivity contribution in [1.82, 2.24) is 0 Å². The third-order valence-electron chi connectivity index (χ3n) is 7.22. The fraction of sp³-hybridized carbons (Fsp3) is 0.952. The van der Waals surface area contributed by atoms with Gasteiger partial charge < -0.3 is 14.2 Å². The molecule has 0 aromatic heterocycles. The zero-order chi connectivity index (χ0) is 17.7. The molecule has 1 saturated heterocycles. The normalized spacial score (nSPS) is 43.2. The number of hydrogen-bond acceptors (Lipinski definition) is 4. The first-order chi connectivity index (χ1) is 11.8. The number of carbonyl (C=O) groups excluding carboxylic acids is 1. The van der Waals surface area contributed by atoms with Gasteiger partial charge in [-0.3, -0.25) is 4.79 Å². The molecule has 4 aliphatic carbocycles. The Balaban J connectivity index is 1.51. The molecule has 3 unspecified atom stereocenters. The highest BCUT2D eigenvalue weighted by atomic mass is 16.7. The van der Waals surface area contributed by atoms with Crippen LogP contribution in [-0.2, 0) is 19.0 Å². The summed E-state index contributed by atoms with van der Waals surface area (Å²) in [5.74, 6) is 1.26. The third kappa shape index (κ3) is 3.37. The van der Waals surface area contributed by atoms with Gasteiger partial charge in [-0.25, -0.2) is 0 Å². The van der Waals surface area contributed by atoms with E-state index >= 15 is 0 Å². The van der Waals surface area contributed by atoms with Crippen molar-refractivity contribution < 1.29 is 19.0 Å². The molecule has 4 nitrogen and oxygen atoms in total. The van der Waals surface area contributed by atoms with Crippen LogP contribution in [0.3, 0.4) is 0 Å². The lowest BCUT2D eigenvalue weighted by atomic mass is 9.52. The molecule has 5 fully saturated rings. The summed E-state index contributed by atoms with van der Waals surface area (Å²) in [6.45, 7) is 6.88. The lowest BCUT2D eigenvalue weighted by molar-refractivity contribution is -0.291. The highest BCUT2D eigenvalue weighted by Crippen LogP contribution is 2.61. The van der Waals surface area contributed by atoms with Crippen molar-refractivity contribution in [2.45, 2.75) is 102 Å². The molecule has 0 aromatic carbocycles. The van der Waals surface area contributed by atoms with Crippen LogP contribution >= 0.6 is 0 Å². The maximum absolute atomic E-state index is 12.8. The average Bonchev–Trinajstić information content (AvgIpc) is 2.53. The Labute approximate surface area is 152 Å². The summed E-state index contributed by atoms with van der Waals surface area (Å²) in [6.07, 6.45) is 10.6. The van der Waals surface area contributed by atoms with Crippen molar-refractivity contribution >= 4 is 5.97 Å². The van der Waals surface area contributed by atoms with E-state index in [0.29, 0.717) is 11.8 Å². The molecule has 25 heavy (non-hydrogen) atoms. The predicted octanol–water partition coefficient (Wildman–Crippen LogP) is 4.60. The molecule has 0 spiro atoms. The van der Waals surface area contributed by atoms with E-state index < -0.39 is 5.41 Å². The molecule has 3 atom stereocenters. The molecular formula is C21H34O4. The van der Waals surface area contributed by atoms with Gasteiger partial charge in [0, 0.05) is 13.0 Å². The molecule has 5 rings (SSSR count). The molecule has 142 valence electrons. The van der Waals surface area contributed by atoms with Crippen LogP contribution in [0.15, 0.2) is 0 Å². The number of esters is 1. The molecule has 1 heterocycles. The smallest absolute Gasteiger partial charge is 0.312 e. The largest absolute Gasteiger partial charge is 0.459 e. The zero-order valence-electron chi connectivity index (χ0n) is 16.1. The zero-order valence-corrected chi connectivity index (χ0v) is 16.1. The molecule has 4 bridgehead atoms. The summed E-state index contributed by atoms with van der Waals surface area (Å²) in [5.41, 5.74) is -0.811. The summed E-state index contributed by atoms with van der Waals surface area (Å²) >= 11 is 0. The van der Waals surface area contributed by atoms with Crippen molar-refractivity contribution in [1.29, 1.82) is 0 Å². The second kappa shape index (κ2) is 6.23. The van der Waals surface area contributed by atoms with E-state index in [-0.39, 0.29) is 23.5 Å². The van der Waals surface area contributed by atoms with E-state index in [1.165, 1.54) is 12.8 Å². The topological polar surface area (TPSA) is 44.8 Å². The Morgan fingerprint density at radius 2 is 1.80 bits per heavy atom. The number of hydrogen-bond donors (Lipinski definition) is 0. The van der Waals surface area contributed by atoms with E-state index in [2.05, 4.69) is 6.92 Å². The first-order valence-corrected chi connectivity index (χ1v) is 10.4. The Morgan fingerprint density at radius 1 is 1.12 bits per heavy atom. The van der Waals surface area contributed by atoms with Crippen molar-refractivity contribution in [3.63, 3.8) is 0 Å². The van der Waals surface area contributed by atoms with Crippen molar-refractivity contribution in [2.75, 3.05) is 6.61 Å². The average molecular weight is 350 g/mol. The number of carbonyl (C=O) groups is 1. The van der Waals surface area contributed by atoms with Gasteiger partial charge in [0.15, 0.2) is 6.29 Å². The summed E-state index contributed by atoms with van der Waals surface area (Å²) in [6, 6.07) is 0. The van der Waals surface area contributed by atoms with Crippen molar-refractivity contribution in [3.05, 3.63) is 0 Å². The Morgan fingerprint density at radius 3 is 2.40 bits per heavy atom. The molecule has 0 radical (unpaired) electrons. The van der Waals surface area contributed by atoms with E-state index in [9.17, 15) is 4.79 Å². The van der Waals surface area contributed by atoms with Crippen molar-refractivity contribution in [3.8, 4) is 0 Å². The lowest BCUT2D eigenvalue weighted by Crippen LogP contribution is -2.62. The van der Waals surface area contributed by atoms with Gasteiger partial charge in [0.05, 0.1) is 11.0 Å². The molecular weight excluding hydrogens is 316 g/mol. The summed E-state index contributed by atoms with van der Waals surface area (Å²) < 4.78 is 18.7. The number of ether oxygens (including phenoxy) is 3. The molecule has 5 aliphatic rings. The molecule has 4 heteroatoms. The van der Waals surface area contributed by atoms with Gasteiger partial charge in [-0.2, -0.15) is 0 Å². The molecule has 1 aliphatic heterocycles. The maximum Gasteiger partial charge on any atom is 0.312 e. The van der Waals surface area contributed by atoms with E-state index in [1.54, 1.807) is 0 Å². The highest BCUT2D eigenvalue weighted by molar-refractivity contribution is 5.76. The van der Waals surface area contributed by atoms with Crippen LogP contribution < -0.4 is 0 Å². The van der Waals surface area contributed by atoms with Gasteiger partial charge >= 0.3 is 5.97 Å². The number of rotatable bonds is 5. The van der Waals surface area contributed by atoms with Crippen LogP contribution in [0, 0.1) is 17.3 Å². The van der Waals surface area contributed by atoms with Crippen LogP contribution in [-0.4, -0.2) is 30.1 Å². The van der Waals surface area contributed by atoms with Crippen LogP contribution in [0.4, 0.5) is 0 Å². The van der Waals surface area contributed by atoms with Gasteiger partial charge in [0.1, 0.15) is 5.60 Å². The van der Waals surface area contributed by atoms with E-state index in [4.69, 9.17) is 14.2 Å². The van der Waals surface area contributed by atoms with Crippen LogP contribution in [0.1, 0.15) is 85.0 Å². The second-order valence-electron chi connectivity index (χ2n) is 9.87. The van der Waals surface area contributed by atoms with E-state index in [1.807, 2.05) is 13.8 Å². The first kappa shape index (κ1) is 17.8. The third-order valence-corrected chi connectivity index (χ3v) is 7.22. The Bertz CT molecular complexity index is 506. The minimum absolute atomic E-state index is 0.0268. The standard InChI is InChI=1S/C21H34O4/c1-4-19(2,3)18(22)25-21-12-15-9-16(13-21)11-20(10-15,14-21)24-17-7-5-6-8-23-17/h15-17H,4-14H2,1-3H3. The Hall–Kier alpha value is -0.610. The van der Waals surface area contributed by atoms with Gasteiger partial charge in [0.2, 0.25) is 0 Å². The fourth-order valence-corrected chi connectivity index (χ4v) is 5.92. The van der Waals surface area contributed by atoms with Gasteiger partial charge in [0.25, 0.3) is 0 Å². The van der Waals surface area contributed by atoms with Gasteiger partial charge in [-0.15, -0.1) is 0 Å².